The van der Waals surface area contributed by atoms with Crippen molar-refractivity contribution in [2.24, 2.45) is 0 Å². The quantitative estimate of drug-likeness (QED) is 0.795. The average Bonchev–Trinajstić information content (AvgIpc) is 2.68. The first-order valence-electron chi connectivity index (χ1n) is 5.82. The lowest BCUT2D eigenvalue weighted by Gasteiger charge is -2.25. The maximum Gasteiger partial charge on any atom is 0.0916 e. The van der Waals surface area contributed by atoms with Gasteiger partial charge in [0.1, 0.15) is 0 Å². The molecule has 0 unspecified atom stereocenters. The molecule has 1 aliphatic rings. The minimum absolute atomic E-state index is 0.585. The summed E-state index contributed by atoms with van der Waals surface area (Å²) >= 11 is 0. The van der Waals surface area contributed by atoms with Crippen molar-refractivity contribution in [1.82, 2.24) is 0 Å². The number of benzene rings is 1. The number of rotatable bonds is 3. The molecule has 2 heteroatoms. The molecule has 0 atom stereocenters. The third-order valence-electron chi connectivity index (χ3n) is 3.23. The summed E-state index contributed by atoms with van der Waals surface area (Å²) < 4.78 is 0. The Morgan fingerprint density at radius 3 is 2.60 bits per heavy atom. The fourth-order valence-corrected chi connectivity index (χ4v) is 2.46. The zero-order valence-corrected chi connectivity index (χ0v) is 9.29. The number of hydrogen-bond donors (Lipinski definition) is 2. The Morgan fingerprint density at radius 2 is 1.93 bits per heavy atom. The van der Waals surface area contributed by atoms with Crippen LogP contribution in [0, 0.1) is 0 Å². The molecule has 0 aliphatic heterocycles. The number of nitrogens with one attached hydrogen (secondary N) is 1. The SMILES string of the molecule is CCNc1ccccc1C1(O)CCCC1. The minimum Gasteiger partial charge on any atom is -0.385 e. The third kappa shape index (κ3) is 2.00. The molecule has 0 radical (unpaired) electrons. The van der Waals surface area contributed by atoms with Gasteiger partial charge in [-0.2, -0.15) is 0 Å². The molecule has 2 rings (SSSR count). The predicted molar refractivity (Wildman–Crippen MR) is 63.0 cm³/mol. The van der Waals surface area contributed by atoms with Crippen LogP contribution < -0.4 is 5.32 Å². The molecule has 1 fully saturated rings. The van der Waals surface area contributed by atoms with Gasteiger partial charge in [-0.1, -0.05) is 31.0 Å². The van der Waals surface area contributed by atoms with Crippen LogP contribution in [0.2, 0.25) is 0 Å². The van der Waals surface area contributed by atoms with Crippen molar-refractivity contribution < 1.29 is 5.11 Å². The molecule has 0 amide bonds. The van der Waals surface area contributed by atoms with Crippen LogP contribution in [0.25, 0.3) is 0 Å². The zero-order valence-electron chi connectivity index (χ0n) is 9.29. The summed E-state index contributed by atoms with van der Waals surface area (Å²) in [6.07, 6.45) is 4.07. The van der Waals surface area contributed by atoms with E-state index in [1.54, 1.807) is 0 Å². The molecule has 1 saturated carbocycles. The van der Waals surface area contributed by atoms with E-state index in [4.69, 9.17) is 0 Å². The van der Waals surface area contributed by atoms with Crippen molar-refractivity contribution in [2.75, 3.05) is 11.9 Å². The number of hydrogen-bond acceptors (Lipinski definition) is 2. The first kappa shape index (κ1) is 10.5. The van der Waals surface area contributed by atoms with Crippen molar-refractivity contribution in [3.63, 3.8) is 0 Å². The number of anilines is 1. The second-order valence-electron chi connectivity index (χ2n) is 4.31. The lowest BCUT2D eigenvalue weighted by Crippen LogP contribution is -2.22. The Kier molecular flexibility index (Phi) is 2.96. The van der Waals surface area contributed by atoms with Crippen LogP contribution in [0.15, 0.2) is 24.3 Å². The lowest BCUT2D eigenvalue weighted by atomic mass is 9.91. The van der Waals surface area contributed by atoms with E-state index < -0.39 is 5.60 Å². The zero-order chi connectivity index (χ0) is 10.7. The van der Waals surface area contributed by atoms with Gasteiger partial charge in [-0.3, -0.25) is 0 Å². The van der Waals surface area contributed by atoms with E-state index in [0.29, 0.717) is 0 Å². The van der Waals surface area contributed by atoms with Gasteiger partial charge in [0.05, 0.1) is 5.60 Å². The molecule has 1 aromatic carbocycles. The van der Waals surface area contributed by atoms with E-state index in [0.717, 1.165) is 43.5 Å². The summed E-state index contributed by atoms with van der Waals surface area (Å²) in [5.74, 6) is 0. The molecule has 0 bridgehead atoms. The second-order valence-corrected chi connectivity index (χ2v) is 4.31. The van der Waals surface area contributed by atoms with Gasteiger partial charge < -0.3 is 10.4 Å². The smallest absolute Gasteiger partial charge is 0.0916 e. The number of para-hydroxylation sites is 1. The van der Waals surface area contributed by atoms with Crippen LogP contribution in [0.5, 0.6) is 0 Å². The van der Waals surface area contributed by atoms with Crippen LogP contribution in [-0.2, 0) is 5.60 Å². The van der Waals surface area contributed by atoms with Crippen LogP contribution in [-0.4, -0.2) is 11.7 Å². The first-order chi connectivity index (χ1) is 7.26. The fraction of sp³-hybridized carbons (Fsp3) is 0.538. The van der Waals surface area contributed by atoms with Crippen molar-refractivity contribution in [3.05, 3.63) is 29.8 Å². The largest absolute Gasteiger partial charge is 0.385 e. The van der Waals surface area contributed by atoms with Crippen LogP contribution in [0.3, 0.4) is 0 Å². The Morgan fingerprint density at radius 1 is 1.27 bits per heavy atom. The molecule has 2 nitrogen and oxygen atoms in total. The molecule has 15 heavy (non-hydrogen) atoms. The predicted octanol–water partition coefficient (Wildman–Crippen LogP) is 2.88. The van der Waals surface area contributed by atoms with E-state index in [2.05, 4.69) is 18.3 Å². The van der Waals surface area contributed by atoms with Gasteiger partial charge in [0.2, 0.25) is 0 Å². The van der Waals surface area contributed by atoms with E-state index in [9.17, 15) is 5.11 Å². The second kappa shape index (κ2) is 4.23. The normalized spacial score (nSPS) is 19.1. The molecule has 1 aliphatic carbocycles. The van der Waals surface area contributed by atoms with Crippen molar-refractivity contribution in [3.8, 4) is 0 Å². The minimum atomic E-state index is -0.585. The highest BCUT2D eigenvalue weighted by atomic mass is 16.3. The molecule has 1 aromatic rings. The summed E-state index contributed by atoms with van der Waals surface area (Å²) in [6, 6.07) is 8.12. The highest BCUT2D eigenvalue weighted by molar-refractivity contribution is 5.54. The van der Waals surface area contributed by atoms with Gasteiger partial charge in [0.15, 0.2) is 0 Å². The van der Waals surface area contributed by atoms with Gasteiger partial charge in [0, 0.05) is 17.8 Å². The molecular weight excluding hydrogens is 186 g/mol. The van der Waals surface area contributed by atoms with E-state index in [1.165, 1.54) is 0 Å². The summed E-state index contributed by atoms with van der Waals surface area (Å²) in [5.41, 5.74) is 1.58. The average molecular weight is 205 g/mol. The fourth-order valence-electron chi connectivity index (χ4n) is 2.46. The van der Waals surface area contributed by atoms with Crippen LogP contribution in [0.1, 0.15) is 38.2 Å². The summed E-state index contributed by atoms with van der Waals surface area (Å²) in [4.78, 5) is 0. The molecule has 0 heterocycles. The van der Waals surface area contributed by atoms with Crippen molar-refractivity contribution in [1.29, 1.82) is 0 Å². The summed E-state index contributed by atoms with van der Waals surface area (Å²) in [6.45, 7) is 2.97. The maximum absolute atomic E-state index is 10.5. The highest BCUT2D eigenvalue weighted by Gasteiger charge is 2.34. The van der Waals surface area contributed by atoms with Gasteiger partial charge in [-0.15, -0.1) is 0 Å². The molecule has 0 aromatic heterocycles. The van der Waals surface area contributed by atoms with Gasteiger partial charge in [-0.05, 0) is 25.8 Å². The van der Waals surface area contributed by atoms with E-state index in [-0.39, 0.29) is 0 Å². The van der Waals surface area contributed by atoms with Crippen LogP contribution >= 0.6 is 0 Å². The highest BCUT2D eigenvalue weighted by Crippen LogP contribution is 2.41. The Hall–Kier alpha value is -1.02. The summed E-state index contributed by atoms with van der Waals surface area (Å²) in [7, 11) is 0. The van der Waals surface area contributed by atoms with Gasteiger partial charge in [-0.25, -0.2) is 0 Å². The monoisotopic (exact) mass is 205 g/mol. The van der Waals surface area contributed by atoms with Crippen molar-refractivity contribution in [2.45, 2.75) is 38.2 Å². The Balaban J connectivity index is 2.33. The Bertz CT molecular complexity index is 329. The van der Waals surface area contributed by atoms with E-state index in [1.807, 2.05) is 18.2 Å². The lowest BCUT2D eigenvalue weighted by molar-refractivity contribution is 0.0452. The number of aliphatic hydroxyl groups is 1. The third-order valence-corrected chi connectivity index (χ3v) is 3.23. The summed E-state index contributed by atoms with van der Waals surface area (Å²) in [5, 5.41) is 13.8. The molecule has 0 saturated heterocycles. The molecular formula is C13H19NO. The maximum atomic E-state index is 10.5. The van der Waals surface area contributed by atoms with Gasteiger partial charge in [0.25, 0.3) is 0 Å². The van der Waals surface area contributed by atoms with Crippen molar-refractivity contribution >= 4 is 5.69 Å². The standard InChI is InChI=1S/C13H19NO/c1-2-14-12-8-4-3-7-11(12)13(15)9-5-6-10-13/h3-4,7-8,14-15H,2,5-6,9-10H2,1H3. The van der Waals surface area contributed by atoms with Gasteiger partial charge >= 0.3 is 0 Å². The van der Waals surface area contributed by atoms with E-state index >= 15 is 0 Å². The molecule has 0 spiro atoms. The topological polar surface area (TPSA) is 32.3 Å². The Labute approximate surface area is 91.3 Å². The first-order valence-corrected chi connectivity index (χ1v) is 5.82. The molecule has 82 valence electrons. The molecule has 2 N–H and O–H groups in total. The van der Waals surface area contributed by atoms with Crippen LogP contribution in [0.4, 0.5) is 5.69 Å².